The Kier molecular flexibility index (Phi) is 41.2. The van der Waals surface area contributed by atoms with Crippen LogP contribution < -0.4 is 0 Å². The second-order valence-corrected chi connectivity index (χ2v) is 19.7. The predicted octanol–water partition coefficient (Wildman–Crippen LogP) is 14.5. The van der Waals surface area contributed by atoms with Crippen molar-refractivity contribution >= 4 is 19.8 Å². The fourth-order valence-corrected chi connectivity index (χ4v) is 7.87. The molecule has 0 aromatic heterocycles. The number of ether oxygens (including phenoxy) is 2. The second kappa shape index (κ2) is 42.1. The molecule has 0 aliphatic heterocycles. The lowest BCUT2D eigenvalue weighted by atomic mass is 10.0. The van der Waals surface area contributed by atoms with Crippen LogP contribution in [0.3, 0.4) is 0 Å². The van der Waals surface area contributed by atoms with E-state index >= 15 is 0 Å². The molecule has 0 saturated heterocycles. The Balaban J connectivity index is 4.22. The molecule has 0 saturated carbocycles. The summed E-state index contributed by atoms with van der Waals surface area (Å²) in [5, 5.41) is 0. The van der Waals surface area contributed by atoms with E-state index in [2.05, 4.69) is 26.0 Å². The summed E-state index contributed by atoms with van der Waals surface area (Å²) in [5.41, 5.74) is 0. The first-order valence-electron chi connectivity index (χ1n) is 24.9. The van der Waals surface area contributed by atoms with Crippen LogP contribution in [0.2, 0.25) is 0 Å². The molecule has 0 spiro atoms. The number of phosphoric ester groups is 1. The number of hydrogen-bond acceptors (Lipinski definition) is 7. The van der Waals surface area contributed by atoms with Crippen molar-refractivity contribution in [1.29, 1.82) is 0 Å². The van der Waals surface area contributed by atoms with Crippen LogP contribution >= 0.6 is 7.82 Å². The first-order chi connectivity index (χ1) is 28.5. The van der Waals surface area contributed by atoms with Crippen LogP contribution in [-0.4, -0.2) is 74.9 Å². The van der Waals surface area contributed by atoms with Crippen LogP contribution in [0.25, 0.3) is 0 Å². The van der Waals surface area contributed by atoms with Gasteiger partial charge in [0.15, 0.2) is 6.10 Å². The van der Waals surface area contributed by atoms with Crippen LogP contribution in [0.15, 0.2) is 12.2 Å². The number of likely N-dealkylation sites (N-methyl/N-ethyl adjacent to an activating group) is 1. The molecule has 9 nitrogen and oxygen atoms in total. The number of nitrogens with zero attached hydrogens (tertiary/aromatic N) is 1. The van der Waals surface area contributed by atoms with E-state index in [0.29, 0.717) is 23.9 Å². The fourth-order valence-electron chi connectivity index (χ4n) is 7.13. The summed E-state index contributed by atoms with van der Waals surface area (Å²) in [7, 11) is 1.48. The van der Waals surface area contributed by atoms with E-state index in [1.807, 2.05) is 21.1 Å². The van der Waals surface area contributed by atoms with Crippen molar-refractivity contribution < 1.29 is 42.1 Å². The lowest BCUT2D eigenvalue weighted by molar-refractivity contribution is -0.870. The summed E-state index contributed by atoms with van der Waals surface area (Å²) >= 11 is 0. The SMILES string of the molecule is CCCCCCCC/C=C\CCCCCCCC(=O)OC(COC(=O)CCCCCCCCCCCCCCCCCCCCCC)COP(=O)(O)OCC[N+](C)(C)C. The highest BCUT2D eigenvalue weighted by atomic mass is 31.2. The topological polar surface area (TPSA) is 108 Å². The first kappa shape index (κ1) is 57.8. The van der Waals surface area contributed by atoms with Gasteiger partial charge in [0.05, 0.1) is 27.7 Å². The van der Waals surface area contributed by atoms with Crippen molar-refractivity contribution in [2.75, 3.05) is 47.5 Å². The summed E-state index contributed by atoms with van der Waals surface area (Å²) in [6, 6.07) is 0. The van der Waals surface area contributed by atoms with Crippen molar-refractivity contribution in [2.24, 2.45) is 0 Å². The van der Waals surface area contributed by atoms with Crippen LogP contribution in [0.4, 0.5) is 0 Å². The minimum atomic E-state index is -4.37. The number of hydrogen-bond donors (Lipinski definition) is 1. The maximum atomic E-state index is 12.7. The monoisotopic (exact) mass is 859 g/mol. The second-order valence-electron chi connectivity index (χ2n) is 18.2. The number of unbranched alkanes of at least 4 members (excludes halogenated alkanes) is 30. The molecule has 1 N–H and O–H groups in total. The van der Waals surface area contributed by atoms with Crippen molar-refractivity contribution in [2.45, 2.75) is 245 Å². The quantitative estimate of drug-likeness (QED) is 0.0212. The molecule has 0 amide bonds. The van der Waals surface area contributed by atoms with Gasteiger partial charge in [0.2, 0.25) is 0 Å². The Labute approximate surface area is 365 Å². The molecule has 0 aliphatic rings. The van der Waals surface area contributed by atoms with Gasteiger partial charge in [-0.1, -0.05) is 199 Å². The zero-order valence-corrected chi connectivity index (χ0v) is 40.4. The molecule has 0 bridgehead atoms. The van der Waals surface area contributed by atoms with Gasteiger partial charge in [0.25, 0.3) is 0 Å². The van der Waals surface area contributed by atoms with Gasteiger partial charge < -0.3 is 18.9 Å². The number of phosphoric acid groups is 1. The number of rotatable bonds is 46. The predicted molar refractivity (Wildman–Crippen MR) is 248 cm³/mol. The first-order valence-corrected chi connectivity index (χ1v) is 26.4. The van der Waals surface area contributed by atoms with Crippen LogP contribution in [0.1, 0.15) is 239 Å². The van der Waals surface area contributed by atoms with E-state index in [1.54, 1.807) is 0 Å². The highest BCUT2D eigenvalue weighted by molar-refractivity contribution is 7.47. The maximum Gasteiger partial charge on any atom is 0.472 e. The van der Waals surface area contributed by atoms with Crippen LogP contribution in [0, 0.1) is 0 Å². The Hall–Kier alpha value is -1.25. The zero-order valence-electron chi connectivity index (χ0n) is 39.5. The summed E-state index contributed by atoms with van der Waals surface area (Å²) in [6.07, 6.45) is 45.5. The van der Waals surface area contributed by atoms with Crippen molar-refractivity contribution in [3.05, 3.63) is 12.2 Å². The Morgan fingerprint density at radius 1 is 0.508 bits per heavy atom. The van der Waals surface area contributed by atoms with Crippen LogP contribution in [0.5, 0.6) is 0 Å². The van der Waals surface area contributed by atoms with E-state index in [1.165, 1.54) is 154 Å². The molecule has 0 aliphatic carbocycles. The third kappa shape index (κ3) is 46.1. The van der Waals surface area contributed by atoms with Gasteiger partial charge in [-0.15, -0.1) is 0 Å². The Morgan fingerprint density at radius 3 is 1.25 bits per heavy atom. The Morgan fingerprint density at radius 2 is 0.864 bits per heavy atom. The lowest BCUT2D eigenvalue weighted by Gasteiger charge is -2.24. The molecule has 0 aromatic carbocycles. The van der Waals surface area contributed by atoms with Crippen molar-refractivity contribution in [3.8, 4) is 0 Å². The van der Waals surface area contributed by atoms with Gasteiger partial charge in [0, 0.05) is 12.8 Å². The molecule has 0 aromatic rings. The number of allylic oxidation sites excluding steroid dienone is 2. The highest BCUT2D eigenvalue weighted by Gasteiger charge is 2.27. The smallest absolute Gasteiger partial charge is 0.462 e. The van der Waals surface area contributed by atoms with Crippen molar-refractivity contribution in [1.82, 2.24) is 0 Å². The molecule has 2 atom stereocenters. The van der Waals surface area contributed by atoms with Gasteiger partial charge in [-0.25, -0.2) is 4.57 Å². The number of esters is 2. The highest BCUT2D eigenvalue weighted by Crippen LogP contribution is 2.43. The standard InChI is InChI=1S/C49H96NO8P/c1-6-8-10-12-14-16-18-20-22-23-24-25-26-28-29-31-33-35-37-39-41-48(51)55-45-47(46-57-59(53,54)56-44-43-50(3,4)5)58-49(52)42-40-38-36-34-32-30-27-21-19-17-15-13-11-9-7-2/h21,27,47H,6-20,22-26,28-46H2,1-5H3/p+1/b27-21-. The lowest BCUT2D eigenvalue weighted by Crippen LogP contribution is -2.37. The summed E-state index contributed by atoms with van der Waals surface area (Å²) in [6.45, 7) is 4.45. The average molecular weight is 859 g/mol. The molecule has 59 heavy (non-hydrogen) atoms. The molecule has 0 radical (unpaired) electrons. The van der Waals surface area contributed by atoms with Gasteiger partial charge >= 0.3 is 19.8 Å². The van der Waals surface area contributed by atoms with E-state index in [0.717, 1.165) is 51.4 Å². The van der Waals surface area contributed by atoms with Crippen molar-refractivity contribution in [3.63, 3.8) is 0 Å². The van der Waals surface area contributed by atoms with E-state index < -0.39 is 26.5 Å². The molecular weight excluding hydrogens is 762 g/mol. The molecule has 0 rings (SSSR count). The Bertz CT molecular complexity index is 1020. The largest absolute Gasteiger partial charge is 0.472 e. The maximum absolute atomic E-state index is 12.7. The minimum absolute atomic E-state index is 0.0334. The summed E-state index contributed by atoms with van der Waals surface area (Å²) < 4.78 is 34.4. The molecule has 350 valence electrons. The van der Waals surface area contributed by atoms with Crippen LogP contribution in [-0.2, 0) is 32.7 Å². The zero-order chi connectivity index (χ0) is 43.6. The molecule has 10 heteroatoms. The molecule has 0 fully saturated rings. The van der Waals surface area contributed by atoms with Gasteiger partial charge in [-0.3, -0.25) is 18.6 Å². The average Bonchev–Trinajstić information content (AvgIpc) is 3.19. The molecule has 2 unspecified atom stereocenters. The third-order valence-corrected chi connectivity index (χ3v) is 12.0. The normalized spacial score (nSPS) is 13.5. The third-order valence-electron chi connectivity index (χ3n) is 11.0. The number of carbonyl (C=O) groups is 2. The van der Waals surface area contributed by atoms with E-state index in [4.69, 9.17) is 18.5 Å². The van der Waals surface area contributed by atoms with E-state index in [9.17, 15) is 19.0 Å². The molecular formula is C49H97NO8P+. The van der Waals surface area contributed by atoms with Gasteiger partial charge in [-0.05, 0) is 38.5 Å². The molecule has 0 heterocycles. The minimum Gasteiger partial charge on any atom is -0.462 e. The van der Waals surface area contributed by atoms with Gasteiger partial charge in [0.1, 0.15) is 19.8 Å². The van der Waals surface area contributed by atoms with Gasteiger partial charge in [-0.2, -0.15) is 0 Å². The van der Waals surface area contributed by atoms with E-state index in [-0.39, 0.29) is 25.6 Å². The fraction of sp³-hybridized carbons (Fsp3) is 0.918. The number of quaternary nitrogens is 1. The summed E-state index contributed by atoms with van der Waals surface area (Å²) in [4.78, 5) is 35.5. The number of carbonyl (C=O) groups excluding carboxylic acids is 2. The summed E-state index contributed by atoms with van der Waals surface area (Å²) in [5.74, 6) is -0.794.